The number of hydrogen-bond acceptors (Lipinski definition) is 0. The molecule has 0 N–H and O–H groups in total. The molecule has 0 heterocycles. The molecule has 0 amide bonds. The summed E-state index contributed by atoms with van der Waals surface area (Å²) >= 11 is 0. The van der Waals surface area contributed by atoms with E-state index in [2.05, 4.69) is 37.4 Å². The maximum Gasteiger partial charge on any atom is -0.0155 e. The van der Waals surface area contributed by atoms with E-state index in [9.17, 15) is 0 Å². The van der Waals surface area contributed by atoms with Crippen molar-refractivity contribution in [2.24, 2.45) is 11.8 Å². The van der Waals surface area contributed by atoms with Crippen LogP contribution in [0.1, 0.15) is 31.4 Å². The van der Waals surface area contributed by atoms with Crippen LogP contribution in [-0.4, -0.2) is 0 Å². The first-order chi connectivity index (χ1) is 8.31. The second kappa shape index (κ2) is 4.75. The minimum Gasteiger partial charge on any atom is -0.0984 e. The summed E-state index contributed by atoms with van der Waals surface area (Å²) in [6.45, 7) is 11.7. The Balaban J connectivity index is 0.000000514. The highest BCUT2D eigenvalue weighted by atomic mass is 14.4. The Morgan fingerprint density at radius 3 is 1.71 bits per heavy atom. The maximum atomic E-state index is 3.85. The number of hydrogen-bond donors (Lipinski definition) is 0. The smallest absolute Gasteiger partial charge is 0.0155 e. The van der Waals surface area contributed by atoms with Gasteiger partial charge in [-0.25, -0.2) is 0 Å². The summed E-state index contributed by atoms with van der Waals surface area (Å²) in [5.41, 5.74) is 2.38. The molecule has 1 aromatic carbocycles. The fourth-order valence-corrected chi connectivity index (χ4v) is 2.39. The summed E-state index contributed by atoms with van der Waals surface area (Å²) in [6.07, 6.45) is 9.95. The van der Waals surface area contributed by atoms with Crippen molar-refractivity contribution in [2.75, 3.05) is 0 Å². The van der Waals surface area contributed by atoms with Crippen LogP contribution in [0.2, 0.25) is 0 Å². The molecule has 0 radical (unpaired) electrons. The second-order valence-corrected chi connectivity index (χ2v) is 4.42. The highest BCUT2D eigenvalue weighted by molar-refractivity contribution is 5.65. The van der Waals surface area contributed by atoms with Gasteiger partial charge in [0.2, 0.25) is 0 Å². The molecular formula is C17H20. The standard InChI is InChI=1S/C15H14.C2H6/c1-3-10-5-12-7-14-9-15(14)8-13(12)6-11(10)4-2;1-2/h3-8,14-15H,1-2,9H2;1-2H3. The highest BCUT2D eigenvalue weighted by Gasteiger charge is 2.34. The molecule has 2 atom stereocenters. The quantitative estimate of drug-likeness (QED) is 0.723. The van der Waals surface area contributed by atoms with Crippen molar-refractivity contribution < 1.29 is 0 Å². The monoisotopic (exact) mass is 224 g/mol. The molecule has 1 saturated carbocycles. The van der Waals surface area contributed by atoms with Gasteiger partial charge < -0.3 is 0 Å². The van der Waals surface area contributed by atoms with Gasteiger partial charge in [-0.05, 0) is 52.0 Å². The van der Waals surface area contributed by atoms with Gasteiger partial charge in [-0.2, -0.15) is 0 Å². The largest absolute Gasteiger partial charge is 0.0984 e. The lowest BCUT2D eigenvalue weighted by atomic mass is 10.0. The Labute approximate surface area is 104 Å². The van der Waals surface area contributed by atoms with E-state index >= 15 is 0 Å². The minimum absolute atomic E-state index is 0.810. The predicted molar refractivity (Wildman–Crippen MR) is 77.7 cm³/mol. The van der Waals surface area contributed by atoms with Gasteiger partial charge in [0.25, 0.3) is 0 Å². The van der Waals surface area contributed by atoms with Gasteiger partial charge in [-0.15, -0.1) is 0 Å². The van der Waals surface area contributed by atoms with Crippen molar-refractivity contribution in [3.63, 3.8) is 0 Å². The van der Waals surface area contributed by atoms with E-state index in [1.54, 1.807) is 0 Å². The van der Waals surface area contributed by atoms with Crippen LogP contribution >= 0.6 is 0 Å². The van der Waals surface area contributed by atoms with Crippen LogP contribution in [-0.2, 0) is 0 Å². The zero-order chi connectivity index (χ0) is 12.4. The minimum atomic E-state index is 0.810. The molecule has 88 valence electrons. The van der Waals surface area contributed by atoms with Gasteiger partial charge >= 0.3 is 0 Å². The van der Waals surface area contributed by atoms with E-state index in [4.69, 9.17) is 0 Å². The highest BCUT2D eigenvalue weighted by Crippen LogP contribution is 2.41. The summed E-state index contributed by atoms with van der Waals surface area (Å²) in [7, 11) is 0. The molecule has 0 nitrogen and oxygen atoms in total. The zero-order valence-electron chi connectivity index (χ0n) is 10.7. The molecule has 1 fully saturated rings. The van der Waals surface area contributed by atoms with Gasteiger partial charge in [-0.1, -0.05) is 51.3 Å². The second-order valence-electron chi connectivity index (χ2n) is 4.42. The van der Waals surface area contributed by atoms with Crippen molar-refractivity contribution in [2.45, 2.75) is 20.3 Å². The van der Waals surface area contributed by atoms with E-state index < -0.39 is 0 Å². The van der Waals surface area contributed by atoms with Crippen molar-refractivity contribution in [1.29, 1.82) is 0 Å². The third-order valence-corrected chi connectivity index (χ3v) is 3.41. The van der Waals surface area contributed by atoms with Crippen molar-refractivity contribution in [1.82, 2.24) is 0 Å². The van der Waals surface area contributed by atoms with Crippen LogP contribution in [0.5, 0.6) is 0 Å². The molecule has 17 heavy (non-hydrogen) atoms. The van der Waals surface area contributed by atoms with Gasteiger partial charge in [0.1, 0.15) is 0 Å². The molecule has 2 aliphatic carbocycles. The summed E-state index contributed by atoms with van der Waals surface area (Å²) in [5.74, 6) is 1.62. The molecule has 3 rings (SSSR count). The van der Waals surface area contributed by atoms with Crippen molar-refractivity contribution in [3.8, 4) is 0 Å². The summed E-state index contributed by atoms with van der Waals surface area (Å²) in [5, 5.41) is 2.74. The van der Waals surface area contributed by atoms with Crippen LogP contribution in [0.25, 0.3) is 24.3 Å². The first-order valence-electron chi connectivity index (χ1n) is 6.44. The van der Waals surface area contributed by atoms with E-state index in [0.29, 0.717) is 0 Å². The fraction of sp³-hybridized carbons (Fsp3) is 0.294. The van der Waals surface area contributed by atoms with Crippen LogP contribution in [0.15, 0.2) is 25.3 Å². The molecular weight excluding hydrogens is 204 g/mol. The van der Waals surface area contributed by atoms with Gasteiger partial charge in [0, 0.05) is 0 Å². The van der Waals surface area contributed by atoms with Crippen LogP contribution in [0, 0.1) is 11.8 Å². The Morgan fingerprint density at radius 1 is 0.941 bits per heavy atom. The number of rotatable bonds is 2. The summed E-state index contributed by atoms with van der Waals surface area (Å²) < 4.78 is 0. The zero-order valence-corrected chi connectivity index (χ0v) is 10.7. The van der Waals surface area contributed by atoms with E-state index in [1.165, 1.54) is 28.0 Å². The lowest BCUT2D eigenvalue weighted by Gasteiger charge is -2.04. The molecule has 0 saturated heterocycles. The summed E-state index contributed by atoms with van der Waals surface area (Å²) in [6, 6.07) is 4.45. The lowest BCUT2D eigenvalue weighted by Crippen LogP contribution is -2.28. The molecule has 0 spiro atoms. The molecule has 0 aromatic heterocycles. The topological polar surface area (TPSA) is 0 Å². The maximum absolute atomic E-state index is 3.85. The lowest BCUT2D eigenvalue weighted by molar-refractivity contribution is 1.06. The number of benzene rings is 1. The van der Waals surface area contributed by atoms with Crippen molar-refractivity contribution in [3.05, 3.63) is 46.9 Å². The molecule has 0 heteroatoms. The van der Waals surface area contributed by atoms with Gasteiger partial charge in [-0.3, -0.25) is 0 Å². The Morgan fingerprint density at radius 2 is 1.35 bits per heavy atom. The predicted octanol–water partition coefficient (Wildman–Crippen LogP) is 3.21. The third kappa shape index (κ3) is 2.12. The Kier molecular flexibility index (Phi) is 3.33. The molecule has 2 unspecified atom stereocenters. The molecule has 1 aromatic rings. The average molecular weight is 224 g/mol. The Bertz CT molecular complexity index is 509. The van der Waals surface area contributed by atoms with Crippen LogP contribution in [0.4, 0.5) is 0 Å². The average Bonchev–Trinajstić information content (AvgIpc) is 3.14. The van der Waals surface area contributed by atoms with E-state index in [0.717, 1.165) is 11.8 Å². The molecule has 0 aliphatic heterocycles. The van der Waals surface area contributed by atoms with Gasteiger partial charge in [0.05, 0.1) is 0 Å². The number of fused-ring (bicyclic) bond motifs is 2. The summed E-state index contributed by atoms with van der Waals surface area (Å²) in [4.78, 5) is 0. The third-order valence-electron chi connectivity index (χ3n) is 3.41. The first-order valence-corrected chi connectivity index (χ1v) is 6.44. The van der Waals surface area contributed by atoms with E-state index in [-0.39, 0.29) is 0 Å². The Hall–Kier alpha value is -1.56. The first kappa shape index (κ1) is 11.9. The molecule has 0 bridgehead atoms. The van der Waals surface area contributed by atoms with E-state index in [1.807, 2.05) is 26.0 Å². The fourth-order valence-electron chi connectivity index (χ4n) is 2.39. The molecule has 2 aliphatic rings. The van der Waals surface area contributed by atoms with Crippen LogP contribution < -0.4 is 10.4 Å². The normalized spacial score (nSPS) is 22.7. The van der Waals surface area contributed by atoms with Gasteiger partial charge in [0.15, 0.2) is 0 Å². The van der Waals surface area contributed by atoms with Crippen LogP contribution in [0.3, 0.4) is 0 Å². The SMILES string of the molecule is C=Cc1cc2c(cc1C=C)=CC1CC1C=2.CC. The van der Waals surface area contributed by atoms with Crippen molar-refractivity contribution >= 4 is 24.3 Å².